The molecule has 0 bridgehead atoms. The van der Waals surface area contributed by atoms with Crippen molar-refractivity contribution in [2.24, 2.45) is 5.41 Å². The Balaban J connectivity index is 0.737. The van der Waals surface area contributed by atoms with E-state index in [1.165, 1.54) is 53.6 Å². The number of carbonyl (C=O) groups is 3. The SMILES string of the molecule is O=C1CC[C@H](N2Cc3cc4c(cc3C2=O)OC[C@H](CN2CCC3(CC2)CCN(c2ccc([C@@H]5c6ccc(O)cc6CC[C@@H]5c5ccccc5)cc2)CC3)O4)C(=O)N1. The Morgan fingerprint density at radius 1 is 0.772 bits per heavy atom. The summed E-state index contributed by atoms with van der Waals surface area (Å²) < 4.78 is 12.6. The van der Waals surface area contributed by atoms with Gasteiger partial charge in [0.2, 0.25) is 11.8 Å². The fourth-order valence-corrected chi connectivity index (χ4v) is 10.7. The van der Waals surface area contributed by atoms with Crippen molar-refractivity contribution in [1.82, 2.24) is 15.1 Å². The van der Waals surface area contributed by atoms with E-state index >= 15 is 0 Å². The maximum absolute atomic E-state index is 13.3. The summed E-state index contributed by atoms with van der Waals surface area (Å²) in [4.78, 5) is 44.1. The van der Waals surface area contributed by atoms with Crippen molar-refractivity contribution in [3.63, 3.8) is 0 Å². The number of hydrogen-bond acceptors (Lipinski definition) is 8. The quantitative estimate of drug-likeness (QED) is 0.213. The van der Waals surface area contributed by atoms with Gasteiger partial charge in [0.1, 0.15) is 24.5 Å². The highest BCUT2D eigenvalue weighted by atomic mass is 16.6. The van der Waals surface area contributed by atoms with Crippen LogP contribution >= 0.6 is 0 Å². The standard InChI is InChI=1S/C47H50N4O6/c52-35-11-13-38-32(24-35)8-12-37(30-4-2-1-3-5-30)44(38)31-6-9-34(10-7-31)50-22-18-47(19-23-50)16-20-49(21-17-47)28-36-29-56-41-26-39-33(25-42(41)57-36)27-51(46(39)55)40-14-15-43(53)48-45(40)54/h1-7,9-11,13,24-26,36-37,40,44,52H,8,12,14-23,27-29H2,(H,48,53,54)/t36-,37+,40-,44-/m0/s1. The van der Waals surface area contributed by atoms with Gasteiger partial charge in [-0.15, -0.1) is 0 Å². The first-order valence-electron chi connectivity index (χ1n) is 20.8. The van der Waals surface area contributed by atoms with E-state index in [2.05, 4.69) is 75.8 Å². The fourth-order valence-electron chi connectivity index (χ4n) is 10.7. The van der Waals surface area contributed by atoms with E-state index < -0.39 is 11.9 Å². The molecule has 3 fully saturated rings. The van der Waals surface area contributed by atoms with Crippen LogP contribution < -0.4 is 19.7 Å². The number of ether oxygens (including phenoxy) is 2. The highest BCUT2D eigenvalue weighted by Crippen LogP contribution is 2.48. The molecule has 3 saturated heterocycles. The third-order valence-electron chi connectivity index (χ3n) is 13.9. The smallest absolute Gasteiger partial charge is 0.255 e. The first kappa shape index (κ1) is 36.0. The minimum atomic E-state index is -0.646. The van der Waals surface area contributed by atoms with Gasteiger partial charge >= 0.3 is 0 Å². The molecule has 10 rings (SSSR count). The number of piperidine rings is 3. The molecule has 0 aromatic heterocycles. The number of aromatic hydroxyl groups is 1. The summed E-state index contributed by atoms with van der Waals surface area (Å²) in [5.74, 6) is 1.31. The van der Waals surface area contributed by atoms with Gasteiger partial charge in [-0.2, -0.15) is 0 Å². The van der Waals surface area contributed by atoms with E-state index in [0.717, 1.165) is 51.1 Å². The molecule has 5 heterocycles. The molecule has 294 valence electrons. The highest BCUT2D eigenvalue weighted by Gasteiger charge is 2.42. The molecule has 57 heavy (non-hydrogen) atoms. The van der Waals surface area contributed by atoms with E-state index in [0.29, 0.717) is 53.7 Å². The molecule has 4 aromatic carbocycles. The molecular formula is C47H50N4O6. The molecule has 10 heteroatoms. The van der Waals surface area contributed by atoms with Gasteiger partial charge in [0, 0.05) is 49.8 Å². The molecule has 6 aliphatic rings. The lowest BCUT2D eigenvalue weighted by Gasteiger charge is -2.48. The van der Waals surface area contributed by atoms with Gasteiger partial charge in [-0.25, -0.2) is 0 Å². The molecule has 4 aromatic rings. The number of fused-ring (bicyclic) bond motifs is 3. The molecule has 10 nitrogen and oxygen atoms in total. The monoisotopic (exact) mass is 766 g/mol. The number of likely N-dealkylation sites (tertiary alicyclic amines) is 1. The molecular weight excluding hydrogens is 717 g/mol. The molecule has 3 amide bonds. The lowest BCUT2D eigenvalue weighted by atomic mass is 9.69. The zero-order valence-corrected chi connectivity index (χ0v) is 32.3. The maximum Gasteiger partial charge on any atom is 0.255 e. The van der Waals surface area contributed by atoms with Crippen LogP contribution in [0, 0.1) is 5.41 Å². The summed E-state index contributed by atoms with van der Waals surface area (Å²) >= 11 is 0. The third-order valence-corrected chi connectivity index (χ3v) is 13.9. The normalized spacial score (nSPS) is 25.6. The minimum Gasteiger partial charge on any atom is -0.508 e. The van der Waals surface area contributed by atoms with Crippen LogP contribution in [0.5, 0.6) is 17.2 Å². The number of anilines is 1. The van der Waals surface area contributed by atoms with Gasteiger partial charge < -0.3 is 24.4 Å². The predicted molar refractivity (Wildman–Crippen MR) is 216 cm³/mol. The van der Waals surface area contributed by atoms with E-state index in [1.807, 2.05) is 18.2 Å². The summed E-state index contributed by atoms with van der Waals surface area (Å²) in [6.45, 7) is 5.77. The number of nitrogens with one attached hydrogen (secondary N) is 1. The number of aryl methyl sites for hydroxylation is 1. The van der Waals surface area contributed by atoms with Gasteiger partial charge in [-0.05, 0) is 134 Å². The van der Waals surface area contributed by atoms with Crippen molar-refractivity contribution in [1.29, 1.82) is 0 Å². The average molecular weight is 767 g/mol. The fraction of sp³-hybridized carbons (Fsp3) is 0.426. The number of hydrogen-bond donors (Lipinski definition) is 2. The first-order valence-corrected chi connectivity index (χ1v) is 20.8. The zero-order valence-electron chi connectivity index (χ0n) is 32.3. The number of carbonyl (C=O) groups excluding carboxylic acids is 3. The average Bonchev–Trinajstić information content (AvgIpc) is 3.55. The van der Waals surface area contributed by atoms with E-state index in [9.17, 15) is 19.5 Å². The van der Waals surface area contributed by atoms with E-state index in [4.69, 9.17) is 9.47 Å². The number of rotatable bonds is 6. The number of imide groups is 1. The molecule has 1 aliphatic carbocycles. The second kappa shape index (κ2) is 14.5. The van der Waals surface area contributed by atoms with Crippen LogP contribution in [0.3, 0.4) is 0 Å². The van der Waals surface area contributed by atoms with Crippen LogP contribution in [0.4, 0.5) is 5.69 Å². The number of amides is 3. The number of phenolic OH excluding ortho intramolecular Hbond substituents is 1. The van der Waals surface area contributed by atoms with E-state index in [1.54, 1.807) is 11.0 Å². The van der Waals surface area contributed by atoms with Crippen LogP contribution in [-0.2, 0) is 22.6 Å². The largest absolute Gasteiger partial charge is 0.508 e. The van der Waals surface area contributed by atoms with Crippen LogP contribution in [0.15, 0.2) is 84.9 Å². The van der Waals surface area contributed by atoms with Crippen molar-refractivity contribution in [2.75, 3.05) is 44.2 Å². The van der Waals surface area contributed by atoms with Crippen molar-refractivity contribution in [2.45, 2.75) is 81.9 Å². The van der Waals surface area contributed by atoms with Crippen molar-refractivity contribution < 1.29 is 29.0 Å². The van der Waals surface area contributed by atoms with Crippen LogP contribution in [0.1, 0.15) is 95.0 Å². The van der Waals surface area contributed by atoms with Gasteiger partial charge in [0.05, 0.1) is 0 Å². The summed E-state index contributed by atoms with van der Waals surface area (Å²) in [6, 6.07) is 29.2. The molecule has 0 radical (unpaired) electrons. The lowest BCUT2D eigenvalue weighted by Crippen LogP contribution is -2.52. The van der Waals surface area contributed by atoms with Crippen molar-refractivity contribution >= 4 is 23.4 Å². The molecule has 5 aliphatic heterocycles. The summed E-state index contributed by atoms with van der Waals surface area (Å²) in [7, 11) is 0. The summed E-state index contributed by atoms with van der Waals surface area (Å²) in [5, 5.41) is 12.6. The Labute approximate surface area is 333 Å². The van der Waals surface area contributed by atoms with Gasteiger partial charge in [0.15, 0.2) is 11.5 Å². The zero-order chi connectivity index (χ0) is 38.7. The molecule has 0 saturated carbocycles. The Kier molecular flexibility index (Phi) is 9.19. The molecule has 4 atom stereocenters. The molecule has 0 unspecified atom stereocenters. The topological polar surface area (TPSA) is 112 Å². The number of phenols is 1. The Bertz CT molecular complexity index is 2190. The molecule has 2 N–H and O–H groups in total. The van der Waals surface area contributed by atoms with Crippen molar-refractivity contribution in [3.8, 4) is 17.2 Å². The van der Waals surface area contributed by atoms with Crippen LogP contribution in [0.25, 0.3) is 0 Å². The van der Waals surface area contributed by atoms with Crippen molar-refractivity contribution in [3.05, 3.63) is 118 Å². The third kappa shape index (κ3) is 6.81. The summed E-state index contributed by atoms with van der Waals surface area (Å²) in [5.41, 5.74) is 8.36. The number of nitrogens with zero attached hydrogens (tertiary/aromatic N) is 3. The van der Waals surface area contributed by atoms with Crippen LogP contribution in [-0.4, -0.2) is 84.1 Å². The lowest BCUT2D eigenvalue weighted by molar-refractivity contribution is -0.136. The van der Waals surface area contributed by atoms with Crippen LogP contribution in [0.2, 0.25) is 0 Å². The maximum atomic E-state index is 13.3. The van der Waals surface area contributed by atoms with E-state index in [-0.39, 0.29) is 30.3 Å². The second-order valence-corrected chi connectivity index (χ2v) is 17.2. The number of benzene rings is 4. The Morgan fingerprint density at radius 3 is 2.32 bits per heavy atom. The highest BCUT2D eigenvalue weighted by molar-refractivity contribution is 6.05. The van der Waals surface area contributed by atoms with Gasteiger partial charge in [0.25, 0.3) is 5.91 Å². The summed E-state index contributed by atoms with van der Waals surface area (Å²) in [6.07, 6.45) is 7.28. The second-order valence-electron chi connectivity index (χ2n) is 17.2. The first-order chi connectivity index (χ1) is 27.8. The predicted octanol–water partition coefficient (Wildman–Crippen LogP) is 6.54. The van der Waals surface area contributed by atoms with Gasteiger partial charge in [-0.1, -0.05) is 48.5 Å². The van der Waals surface area contributed by atoms with Gasteiger partial charge in [-0.3, -0.25) is 24.6 Å². The molecule has 1 spiro atoms. The minimum absolute atomic E-state index is 0.102. The Morgan fingerprint density at radius 2 is 1.54 bits per heavy atom. The Hall–Kier alpha value is -5.35.